The summed E-state index contributed by atoms with van der Waals surface area (Å²) in [5, 5.41) is 13.1. The maximum Gasteiger partial charge on any atom is 0.119 e. The summed E-state index contributed by atoms with van der Waals surface area (Å²) in [6, 6.07) is 28.7. The zero-order chi connectivity index (χ0) is 18.8. The summed E-state index contributed by atoms with van der Waals surface area (Å²) < 4.78 is 5.32. The average Bonchev–Trinajstić information content (AvgIpc) is 2.70. The number of hydrogen-bond donors (Lipinski definition) is 1. The van der Waals surface area contributed by atoms with Gasteiger partial charge in [-0.25, -0.2) is 0 Å². The van der Waals surface area contributed by atoms with Crippen LogP contribution in [0.25, 0.3) is 10.8 Å². The Morgan fingerprint density at radius 3 is 2.26 bits per heavy atom. The molecule has 0 spiro atoms. The highest BCUT2D eigenvalue weighted by Crippen LogP contribution is 2.40. The first kappa shape index (κ1) is 17.2. The summed E-state index contributed by atoms with van der Waals surface area (Å²) in [7, 11) is 1.67. The molecular weight excluding hydrogens is 332 g/mol. The Morgan fingerprint density at radius 1 is 0.778 bits per heavy atom. The second-order valence-corrected chi connectivity index (χ2v) is 6.84. The molecule has 134 valence electrons. The van der Waals surface area contributed by atoms with Gasteiger partial charge in [-0.1, -0.05) is 66.7 Å². The first-order valence-electron chi connectivity index (χ1n) is 9.08. The van der Waals surface area contributed by atoms with E-state index >= 15 is 0 Å². The number of rotatable bonds is 4. The van der Waals surface area contributed by atoms with Crippen molar-refractivity contribution >= 4 is 10.8 Å². The van der Waals surface area contributed by atoms with Gasteiger partial charge in [0.15, 0.2) is 0 Å². The average molecular weight is 354 g/mol. The van der Waals surface area contributed by atoms with Gasteiger partial charge in [0.2, 0.25) is 0 Å². The molecule has 0 aliphatic heterocycles. The smallest absolute Gasteiger partial charge is 0.119 e. The normalized spacial score (nSPS) is 12.1. The Balaban J connectivity index is 1.97. The van der Waals surface area contributed by atoms with Crippen LogP contribution in [0.5, 0.6) is 11.5 Å². The third kappa shape index (κ3) is 3.26. The van der Waals surface area contributed by atoms with Crippen molar-refractivity contribution in [2.45, 2.75) is 12.8 Å². The van der Waals surface area contributed by atoms with E-state index in [0.29, 0.717) is 5.75 Å². The van der Waals surface area contributed by atoms with Gasteiger partial charge in [-0.3, -0.25) is 0 Å². The number of methoxy groups -OCH3 is 1. The molecule has 4 aromatic carbocycles. The number of aromatic hydroxyl groups is 1. The highest BCUT2D eigenvalue weighted by molar-refractivity contribution is 5.87. The van der Waals surface area contributed by atoms with Crippen molar-refractivity contribution in [3.8, 4) is 11.5 Å². The molecule has 0 heterocycles. The Morgan fingerprint density at radius 2 is 1.52 bits per heavy atom. The summed E-state index contributed by atoms with van der Waals surface area (Å²) in [5.74, 6) is 1.08. The molecule has 0 radical (unpaired) electrons. The molecule has 4 aromatic rings. The number of aryl methyl sites for hydroxylation is 1. The topological polar surface area (TPSA) is 29.5 Å². The maximum atomic E-state index is 10.7. The van der Waals surface area contributed by atoms with Gasteiger partial charge in [0.1, 0.15) is 11.5 Å². The van der Waals surface area contributed by atoms with Crippen LogP contribution in [0.3, 0.4) is 0 Å². The van der Waals surface area contributed by atoms with E-state index in [0.717, 1.165) is 22.4 Å². The fraction of sp³-hybridized carbons (Fsp3) is 0.120. The molecule has 0 bridgehead atoms. The molecule has 2 nitrogen and oxygen atoms in total. The quantitative estimate of drug-likeness (QED) is 0.453. The number of benzene rings is 4. The number of ether oxygens (including phenoxy) is 1. The van der Waals surface area contributed by atoms with Crippen molar-refractivity contribution < 1.29 is 9.84 Å². The van der Waals surface area contributed by atoms with Crippen LogP contribution in [0.2, 0.25) is 0 Å². The van der Waals surface area contributed by atoms with E-state index in [1.54, 1.807) is 7.11 Å². The van der Waals surface area contributed by atoms with Gasteiger partial charge in [-0.15, -0.1) is 0 Å². The zero-order valence-corrected chi connectivity index (χ0v) is 15.5. The zero-order valence-electron chi connectivity index (χ0n) is 15.5. The van der Waals surface area contributed by atoms with Crippen molar-refractivity contribution in [2.24, 2.45) is 0 Å². The fourth-order valence-corrected chi connectivity index (χ4v) is 3.72. The van der Waals surface area contributed by atoms with Crippen molar-refractivity contribution in [1.82, 2.24) is 0 Å². The van der Waals surface area contributed by atoms with E-state index in [-0.39, 0.29) is 5.92 Å². The summed E-state index contributed by atoms with van der Waals surface area (Å²) >= 11 is 0. The lowest BCUT2D eigenvalue weighted by Gasteiger charge is -2.22. The monoisotopic (exact) mass is 354 g/mol. The lowest BCUT2D eigenvalue weighted by Crippen LogP contribution is -2.05. The van der Waals surface area contributed by atoms with Crippen LogP contribution in [0.4, 0.5) is 0 Å². The number of fused-ring (bicyclic) bond motifs is 1. The molecule has 2 heteroatoms. The molecule has 0 amide bonds. The standard InChI is InChI=1S/C25H22O2/c1-17-10-15-23(24(26)16-17)25(19-11-13-20(27-2)14-12-19)22-9-5-7-18-6-3-4-8-21(18)22/h3-16,25-26H,1-2H3. The minimum absolute atomic E-state index is 0.0670. The van der Waals surface area contributed by atoms with Crippen molar-refractivity contribution in [3.63, 3.8) is 0 Å². The molecule has 1 unspecified atom stereocenters. The fourth-order valence-electron chi connectivity index (χ4n) is 3.72. The van der Waals surface area contributed by atoms with Crippen molar-refractivity contribution in [1.29, 1.82) is 0 Å². The molecule has 0 aromatic heterocycles. The third-order valence-corrected chi connectivity index (χ3v) is 5.08. The predicted molar refractivity (Wildman–Crippen MR) is 111 cm³/mol. The Bertz CT molecular complexity index is 1080. The Hall–Kier alpha value is -3.26. The molecule has 0 aliphatic carbocycles. The molecule has 0 saturated carbocycles. The van der Waals surface area contributed by atoms with Crippen LogP contribution in [-0.4, -0.2) is 12.2 Å². The number of phenols is 1. The summed E-state index contributed by atoms with van der Waals surface area (Å²) in [6.45, 7) is 1.99. The molecular formula is C25H22O2. The SMILES string of the molecule is COc1ccc(C(c2ccc(C)cc2O)c2cccc3ccccc23)cc1. The molecule has 1 atom stereocenters. The highest BCUT2D eigenvalue weighted by Gasteiger charge is 2.22. The summed E-state index contributed by atoms with van der Waals surface area (Å²) in [6.07, 6.45) is 0. The van der Waals surface area contributed by atoms with Crippen LogP contribution < -0.4 is 4.74 Å². The van der Waals surface area contributed by atoms with Crippen molar-refractivity contribution in [2.75, 3.05) is 7.11 Å². The van der Waals surface area contributed by atoms with E-state index in [9.17, 15) is 5.11 Å². The van der Waals surface area contributed by atoms with E-state index in [4.69, 9.17) is 4.74 Å². The van der Waals surface area contributed by atoms with Crippen LogP contribution in [0.1, 0.15) is 28.2 Å². The number of phenolic OH excluding ortho intramolecular Hbond substituents is 1. The second kappa shape index (κ2) is 7.16. The summed E-state index contributed by atoms with van der Waals surface area (Å²) in [5.41, 5.74) is 4.24. The van der Waals surface area contributed by atoms with Gasteiger partial charge in [0.25, 0.3) is 0 Å². The molecule has 0 aliphatic rings. The van der Waals surface area contributed by atoms with E-state index < -0.39 is 0 Å². The second-order valence-electron chi connectivity index (χ2n) is 6.84. The molecule has 0 fully saturated rings. The van der Waals surface area contributed by atoms with Gasteiger partial charge < -0.3 is 9.84 Å². The lowest BCUT2D eigenvalue weighted by molar-refractivity contribution is 0.414. The van der Waals surface area contributed by atoms with Gasteiger partial charge in [0.05, 0.1) is 7.11 Å². The molecule has 27 heavy (non-hydrogen) atoms. The van der Waals surface area contributed by atoms with Crippen LogP contribution in [-0.2, 0) is 0 Å². The van der Waals surface area contributed by atoms with Crippen LogP contribution in [0.15, 0.2) is 84.9 Å². The van der Waals surface area contributed by atoms with Gasteiger partial charge in [-0.05, 0) is 52.6 Å². The van der Waals surface area contributed by atoms with Crippen LogP contribution in [0, 0.1) is 6.92 Å². The number of hydrogen-bond acceptors (Lipinski definition) is 2. The highest BCUT2D eigenvalue weighted by atomic mass is 16.5. The van der Waals surface area contributed by atoms with Gasteiger partial charge >= 0.3 is 0 Å². The summed E-state index contributed by atoms with van der Waals surface area (Å²) in [4.78, 5) is 0. The first-order valence-corrected chi connectivity index (χ1v) is 9.08. The first-order chi connectivity index (χ1) is 13.2. The Kier molecular flexibility index (Phi) is 4.55. The van der Waals surface area contributed by atoms with Crippen molar-refractivity contribution in [3.05, 3.63) is 107 Å². The predicted octanol–water partition coefficient (Wildman–Crippen LogP) is 6.04. The van der Waals surface area contributed by atoms with E-state index in [1.165, 1.54) is 16.3 Å². The Labute approximate surface area is 159 Å². The van der Waals surface area contributed by atoms with Gasteiger partial charge in [-0.2, -0.15) is 0 Å². The largest absolute Gasteiger partial charge is 0.508 e. The minimum Gasteiger partial charge on any atom is -0.508 e. The minimum atomic E-state index is -0.0670. The molecule has 1 N–H and O–H groups in total. The molecule has 0 saturated heterocycles. The lowest BCUT2D eigenvalue weighted by atomic mass is 9.82. The van der Waals surface area contributed by atoms with Crippen LogP contribution >= 0.6 is 0 Å². The van der Waals surface area contributed by atoms with E-state index in [2.05, 4.69) is 60.7 Å². The molecule has 4 rings (SSSR count). The third-order valence-electron chi connectivity index (χ3n) is 5.08. The van der Waals surface area contributed by atoms with Gasteiger partial charge in [0, 0.05) is 11.5 Å². The van der Waals surface area contributed by atoms with E-state index in [1.807, 2.05) is 31.2 Å². The maximum absolute atomic E-state index is 10.7.